The number of benzene rings is 2. The fourth-order valence-electron chi connectivity index (χ4n) is 3.15. The van der Waals surface area contributed by atoms with Crippen LogP contribution in [-0.2, 0) is 5.41 Å². The van der Waals surface area contributed by atoms with Crippen LogP contribution >= 0.6 is 0 Å². The lowest BCUT2D eigenvalue weighted by Crippen LogP contribution is -2.13. The second-order valence-corrected chi connectivity index (χ2v) is 7.15. The molecule has 0 bridgehead atoms. The maximum absolute atomic E-state index is 7.99. The third-order valence-electron chi connectivity index (χ3n) is 4.39. The van der Waals surface area contributed by atoms with Gasteiger partial charge in [0.15, 0.2) is 0 Å². The highest BCUT2D eigenvalue weighted by Crippen LogP contribution is 2.36. The molecule has 0 spiro atoms. The van der Waals surface area contributed by atoms with Crippen LogP contribution in [0.1, 0.15) is 36.0 Å². The smallest absolute Gasteiger partial charge is 0.144 e. The number of furan rings is 1. The van der Waals surface area contributed by atoms with Gasteiger partial charge in [-0.25, -0.2) is 0 Å². The molecule has 4 aromatic rings. The Balaban J connectivity index is 1.99. The average molecular weight is 318 g/mol. The lowest BCUT2D eigenvalue weighted by Gasteiger charge is -2.21. The molecule has 4 rings (SSSR count). The molecule has 0 atom stereocenters. The largest absolute Gasteiger partial charge is 0.455 e. The van der Waals surface area contributed by atoms with E-state index in [9.17, 15) is 0 Å². The average Bonchev–Trinajstić information content (AvgIpc) is 2.98. The minimum absolute atomic E-state index is 0.305. The molecule has 2 aromatic heterocycles. The Morgan fingerprint density at radius 1 is 1.00 bits per heavy atom. The van der Waals surface area contributed by atoms with Crippen molar-refractivity contribution in [2.45, 2.75) is 33.0 Å². The van der Waals surface area contributed by atoms with Gasteiger partial charge >= 0.3 is 0 Å². The van der Waals surface area contributed by atoms with Gasteiger partial charge in [-0.15, -0.1) is 0 Å². The number of hydrogen-bond acceptors (Lipinski definition) is 2. The van der Waals surface area contributed by atoms with Crippen LogP contribution in [-0.4, -0.2) is 4.98 Å². The van der Waals surface area contributed by atoms with E-state index in [-0.39, 0.29) is 5.41 Å². The lowest BCUT2D eigenvalue weighted by molar-refractivity contribution is 0.583. The van der Waals surface area contributed by atoms with Gasteiger partial charge in [-0.2, -0.15) is 0 Å². The van der Waals surface area contributed by atoms with Gasteiger partial charge < -0.3 is 4.42 Å². The Morgan fingerprint density at radius 3 is 2.58 bits per heavy atom. The number of aryl methyl sites for hydroxylation is 1. The van der Waals surface area contributed by atoms with E-state index in [1.165, 1.54) is 0 Å². The SMILES string of the molecule is [2H]C([2H])([2H])c1cc(-c2cccc3c2oc2ccccc23)ncc1C(C)(C)C. The molecule has 2 heterocycles. The van der Waals surface area contributed by atoms with Crippen molar-refractivity contribution < 1.29 is 8.53 Å². The van der Waals surface area contributed by atoms with Crippen molar-refractivity contribution in [3.8, 4) is 11.3 Å². The molecular weight excluding hydrogens is 294 g/mol. The molecule has 0 saturated carbocycles. The first-order valence-corrected chi connectivity index (χ1v) is 8.08. The first-order valence-electron chi connectivity index (χ1n) is 9.58. The van der Waals surface area contributed by atoms with Gasteiger partial charge in [0.25, 0.3) is 0 Å². The predicted molar refractivity (Wildman–Crippen MR) is 100 cm³/mol. The number of fused-ring (bicyclic) bond motifs is 3. The molecule has 2 nitrogen and oxygen atoms in total. The fraction of sp³-hybridized carbons (Fsp3) is 0.227. The molecule has 2 aromatic carbocycles. The second kappa shape index (κ2) is 5.20. The highest BCUT2D eigenvalue weighted by atomic mass is 16.3. The van der Waals surface area contributed by atoms with Gasteiger partial charge in [0.2, 0.25) is 0 Å². The van der Waals surface area contributed by atoms with Crippen LogP contribution in [0.25, 0.3) is 33.2 Å². The molecule has 0 saturated heterocycles. The monoisotopic (exact) mass is 318 g/mol. The third-order valence-corrected chi connectivity index (χ3v) is 4.39. The Kier molecular flexibility index (Phi) is 2.57. The summed E-state index contributed by atoms with van der Waals surface area (Å²) in [6, 6.07) is 15.5. The summed E-state index contributed by atoms with van der Waals surface area (Å²) in [5.74, 6) is 0. The van der Waals surface area contributed by atoms with Gasteiger partial charge in [0.1, 0.15) is 11.2 Å². The zero-order valence-electron chi connectivity index (χ0n) is 17.1. The molecule has 0 aliphatic rings. The van der Waals surface area contributed by atoms with Crippen molar-refractivity contribution in [3.63, 3.8) is 0 Å². The van der Waals surface area contributed by atoms with Crippen molar-refractivity contribution in [3.05, 3.63) is 65.9 Å². The number of pyridine rings is 1. The summed E-state index contributed by atoms with van der Waals surface area (Å²) in [6.07, 6.45) is 1.69. The maximum atomic E-state index is 7.99. The quantitative estimate of drug-likeness (QED) is 0.414. The van der Waals surface area contributed by atoms with E-state index in [0.717, 1.165) is 33.1 Å². The standard InChI is InChI=1S/C22H21NO/c1-14-12-19(23-13-18(14)22(2,3)4)17-10-7-9-16-15-8-5-6-11-20(15)24-21(16)17/h5-13H,1-4H3/i1D3. The molecular formula is C22H21NO. The van der Waals surface area contributed by atoms with E-state index in [1.807, 2.05) is 63.2 Å². The van der Waals surface area contributed by atoms with E-state index in [4.69, 9.17) is 8.53 Å². The van der Waals surface area contributed by atoms with Crippen LogP contribution in [0.2, 0.25) is 0 Å². The molecule has 0 N–H and O–H groups in total. The number of hydrogen-bond donors (Lipinski definition) is 0. The topological polar surface area (TPSA) is 26.0 Å². The first kappa shape index (κ1) is 11.9. The van der Waals surface area contributed by atoms with E-state index in [0.29, 0.717) is 11.3 Å². The van der Waals surface area contributed by atoms with Crippen LogP contribution in [0, 0.1) is 6.85 Å². The summed E-state index contributed by atoms with van der Waals surface area (Å²) in [6.45, 7) is 3.79. The van der Waals surface area contributed by atoms with E-state index in [1.54, 1.807) is 12.3 Å². The van der Waals surface area contributed by atoms with Crippen molar-refractivity contribution in [2.75, 3.05) is 0 Å². The van der Waals surface area contributed by atoms with Crippen molar-refractivity contribution in [2.24, 2.45) is 0 Å². The Labute approximate surface area is 146 Å². The molecule has 0 fully saturated rings. The van der Waals surface area contributed by atoms with Gasteiger partial charge in [-0.05, 0) is 41.6 Å². The van der Waals surface area contributed by atoms with Crippen LogP contribution in [0.5, 0.6) is 0 Å². The highest BCUT2D eigenvalue weighted by molar-refractivity contribution is 6.09. The summed E-state index contributed by atoms with van der Waals surface area (Å²) in [5.41, 5.74) is 3.72. The van der Waals surface area contributed by atoms with Crippen LogP contribution in [0.15, 0.2) is 59.1 Å². The zero-order valence-corrected chi connectivity index (χ0v) is 14.1. The summed E-state index contributed by atoms with van der Waals surface area (Å²) in [7, 11) is 0. The molecule has 0 amide bonds. The first-order chi connectivity index (χ1) is 12.7. The highest BCUT2D eigenvalue weighted by Gasteiger charge is 2.18. The summed E-state index contributed by atoms with van der Waals surface area (Å²) < 4.78 is 30.0. The second-order valence-electron chi connectivity index (χ2n) is 7.15. The summed E-state index contributed by atoms with van der Waals surface area (Å²) >= 11 is 0. The fourth-order valence-corrected chi connectivity index (χ4v) is 3.15. The van der Waals surface area contributed by atoms with Gasteiger partial charge in [0.05, 0.1) is 5.69 Å². The third kappa shape index (κ3) is 2.30. The molecule has 0 radical (unpaired) electrons. The minimum atomic E-state index is -2.21. The molecule has 0 aliphatic carbocycles. The molecule has 24 heavy (non-hydrogen) atoms. The van der Waals surface area contributed by atoms with Crippen LogP contribution in [0.3, 0.4) is 0 Å². The molecule has 2 heteroatoms. The van der Waals surface area contributed by atoms with Gasteiger partial charge in [-0.3, -0.25) is 4.98 Å². The van der Waals surface area contributed by atoms with Crippen LogP contribution in [0.4, 0.5) is 0 Å². The summed E-state index contributed by atoms with van der Waals surface area (Å²) in [4.78, 5) is 4.60. The number of rotatable bonds is 1. The normalized spacial score (nSPS) is 14.5. The van der Waals surface area contributed by atoms with Crippen LogP contribution < -0.4 is 0 Å². The maximum Gasteiger partial charge on any atom is 0.144 e. The summed E-state index contributed by atoms with van der Waals surface area (Å²) in [5, 5.41) is 2.04. The minimum Gasteiger partial charge on any atom is -0.455 e. The number of nitrogens with zero attached hydrogens (tertiary/aromatic N) is 1. The predicted octanol–water partition coefficient (Wildman–Crippen LogP) is 6.25. The van der Waals surface area contributed by atoms with E-state index in [2.05, 4.69) is 4.98 Å². The number of para-hydroxylation sites is 2. The van der Waals surface area contributed by atoms with Crippen molar-refractivity contribution in [1.29, 1.82) is 0 Å². The Bertz CT molecular complexity index is 1150. The van der Waals surface area contributed by atoms with Crippen molar-refractivity contribution >= 4 is 21.9 Å². The zero-order chi connectivity index (χ0) is 19.4. The van der Waals surface area contributed by atoms with E-state index < -0.39 is 6.85 Å². The lowest BCUT2D eigenvalue weighted by atomic mass is 9.85. The van der Waals surface area contributed by atoms with Gasteiger partial charge in [0, 0.05) is 26.6 Å². The van der Waals surface area contributed by atoms with Gasteiger partial charge in [-0.1, -0.05) is 51.1 Å². The Hall–Kier alpha value is -2.61. The molecule has 0 unspecified atom stereocenters. The Morgan fingerprint density at radius 2 is 1.79 bits per heavy atom. The molecule has 0 aliphatic heterocycles. The van der Waals surface area contributed by atoms with Crippen molar-refractivity contribution in [1.82, 2.24) is 4.98 Å². The number of aromatic nitrogens is 1. The van der Waals surface area contributed by atoms with E-state index >= 15 is 0 Å². The molecule has 120 valence electrons.